The van der Waals surface area contributed by atoms with Crippen molar-refractivity contribution in [3.63, 3.8) is 0 Å². The maximum absolute atomic E-state index is 12.6. The summed E-state index contributed by atoms with van der Waals surface area (Å²) >= 11 is 0. The number of Topliss-reactive ketones (excluding diaryl/α,β-unsaturated/α-hetero) is 2. The van der Waals surface area contributed by atoms with E-state index in [4.69, 9.17) is 14.7 Å². The molecule has 0 heterocycles. The molecule has 2 rings (SSSR count). The van der Waals surface area contributed by atoms with Gasteiger partial charge in [-0.2, -0.15) is 5.26 Å². The van der Waals surface area contributed by atoms with E-state index in [1.54, 1.807) is 12.1 Å². The summed E-state index contributed by atoms with van der Waals surface area (Å²) in [6.45, 7) is 3.97. The van der Waals surface area contributed by atoms with Crippen molar-refractivity contribution in [3.8, 4) is 23.3 Å². The fraction of sp³-hybridized carbons (Fsp3) is 0.286. The molecule has 6 nitrogen and oxygen atoms in total. The third kappa shape index (κ3) is 4.26. The van der Waals surface area contributed by atoms with Crippen molar-refractivity contribution in [2.24, 2.45) is 0 Å². The number of aromatic hydroxyl groups is 1. The number of nitriles is 1. The van der Waals surface area contributed by atoms with Crippen molar-refractivity contribution in [3.05, 3.63) is 52.6 Å². The lowest BCUT2D eigenvalue weighted by Gasteiger charge is -2.17. The van der Waals surface area contributed by atoms with Crippen molar-refractivity contribution in [1.82, 2.24) is 0 Å². The van der Waals surface area contributed by atoms with Gasteiger partial charge in [-0.3, -0.25) is 9.59 Å². The number of benzene rings is 2. The maximum atomic E-state index is 12.6. The number of hydrogen-bond acceptors (Lipinski definition) is 6. The van der Waals surface area contributed by atoms with Crippen LogP contribution in [0.4, 0.5) is 0 Å². The first-order chi connectivity index (χ1) is 12.8. The van der Waals surface area contributed by atoms with E-state index in [2.05, 4.69) is 0 Å². The molecule has 0 bridgehead atoms. The van der Waals surface area contributed by atoms with Gasteiger partial charge in [0.1, 0.15) is 17.2 Å². The predicted molar refractivity (Wildman–Crippen MR) is 99.7 cm³/mol. The molecule has 0 saturated heterocycles. The number of phenolic OH excluding ortho intramolecular Hbond substituents is 1. The summed E-state index contributed by atoms with van der Waals surface area (Å²) in [6, 6.07) is 9.01. The summed E-state index contributed by atoms with van der Waals surface area (Å²) in [7, 11) is 3.02. The van der Waals surface area contributed by atoms with Gasteiger partial charge in [-0.1, -0.05) is 13.8 Å². The Hall–Kier alpha value is -3.33. The highest BCUT2D eigenvalue weighted by Gasteiger charge is 2.21. The Kier molecular flexibility index (Phi) is 6.19. The summed E-state index contributed by atoms with van der Waals surface area (Å²) in [5.74, 6) is -0.125. The SMILES string of the molecule is COc1cc(C(=O)CC(=O)c2ccc(C#N)cc2O)cc(OC)c1C(C)C. The molecular formula is C21H21NO5. The van der Waals surface area contributed by atoms with E-state index >= 15 is 0 Å². The largest absolute Gasteiger partial charge is 0.507 e. The Labute approximate surface area is 158 Å². The molecule has 0 aromatic heterocycles. The van der Waals surface area contributed by atoms with Crippen molar-refractivity contribution in [1.29, 1.82) is 5.26 Å². The van der Waals surface area contributed by atoms with Gasteiger partial charge in [0.05, 0.1) is 37.8 Å². The molecule has 0 aliphatic heterocycles. The molecule has 2 aromatic rings. The summed E-state index contributed by atoms with van der Waals surface area (Å²) < 4.78 is 10.8. The second-order valence-electron chi connectivity index (χ2n) is 6.32. The fourth-order valence-electron chi connectivity index (χ4n) is 2.85. The third-order valence-corrected chi connectivity index (χ3v) is 4.19. The van der Waals surface area contributed by atoms with E-state index in [9.17, 15) is 14.7 Å². The first-order valence-electron chi connectivity index (χ1n) is 8.37. The van der Waals surface area contributed by atoms with Gasteiger partial charge >= 0.3 is 0 Å². The first-order valence-corrected chi connectivity index (χ1v) is 8.37. The van der Waals surface area contributed by atoms with E-state index < -0.39 is 18.0 Å². The van der Waals surface area contributed by atoms with Gasteiger partial charge in [-0.25, -0.2) is 0 Å². The molecule has 140 valence electrons. The second-order valence-corrected chi connectivity index (χ2v) is 6.32. The highest BCUT2D eigenvalue weighted by Crippen LogP contribution is 2.36. The summed E-state index contributed by atoms with van der Waals surface area (Å²) in [4.78, 5) is 25.0. The molecule has 0 fully saturated rings. The lowest BCUT2D eigenvalue weighted by molar-refractivity contribution is 0.0892. The molecule has 1 N–H and O–H groups in total. The van der Waals surface area contributed by atoms with Crippen LogP contribution in [0.5, 0.6) is 17.2 Å². The van der Waals surface area contributed by atoms with Crippen LogP contribution in [0.1, 0.15) is 58.0 Å². The molecule has 2 aromatic carbocycles. The number of ether oxygens (including phenoxy) is 2. The minimum absolute atomic E-state index is 0.0000746. The van der Waals surface area contributed by atoms with Crippen LogP contribution in [0.15, 0.2) is 30.3 Å². The van der Waals surface area contributed by atoms with Gasteiger partial charge < -0.3 is 14.6 Å². The number of methoxy groups -OCH3 is 2. The standard InChI is InChI=1S/C21H21NO5/c1-12(2)21-19(26-3)8-14(9-20(21)27-4)16(23)10-18(25)15-6-5-13(11-22)7-17(15)24/h5-9,12,24H,10H2,1-4H3. The number of nitrogens with zero attached hydrogens (tertiary/aromatic N) is 1. The van der Waals surface area contributed by atoms with Gasteiger partial charge in [0.15, 0.2) is 11.6 Å². The van der Waals surface area contributed by atoms with E-state index in [-0.39, 0.29) is 28.4 Å². The maximum Gasteiger partial charge on any atom is 0.174 e. The topological polar surface area (TPSA) is 96.6 Å². The average molecular weight is 367 g/mol. The van der Waals surface area contributed by atoms with Crippen LogP contribution in [-0.2, 0) is 0 Å². The minimum Gasteiger partial charge on any atom is -0.507 e. The average Bonchev–Trinajstić information content (AvgIpc) is 2.65. The Morgan fingerprint density at radius 3 is 2.11 bits per heavy atom. The summed E-state index contributed by atoms with van der Waals surface area (Å²) in [6.07, 6.45) is -0.424. The van der Waals surface area contributed by atoms with Crippen LogP contribution in [0, 0.1) is 11.3 Å². The molecule has 0 amide bonds. The second kappa shape index (κ2) is 8.37. The lowest BCUT2D eigenvalue weighted by Crippen LogP contribution is -2.10. The lowest BCUT2D eigenvalue weighted by atomic mass is 9.95. The molecule has 0 saturated carbocycles. The molecule has 0 aliphatic carbocycles. The van der Waals surface area contributed by atoms with Crippen LogP contribution in [-0.4, -0.2) is 30.9 Å². The van der Waals surface area contributed by atoms with Crippen LogP contribution in [0.2, 0.25) is 0 Å². The highest BCUT2D eigenvalue weighted by atomic mass is 16.5. The summed E-state index contributed by atoms with van der Waals surface area (Å²) in [5, 5.41) is 18.7. The molecule has 0 radical (unpaired) electrons. The molecule has 0 spiro atoms. The van der Waals surface area contributed by atoms with Crippen LogP contribution in [0.25, 0.3) is 0 Å². The van der Waals surface area contributed by atoms with E-state index in [0.29, 0.717) is 11.5 Å². The number of phenols is 1. The van der Waals surface area contributed by atoms with Crippen LogP contribution >= 0.6 is 0 Å². The van der Waals surface area contributed by atoms with Crippen molar-refractivity contribution < 1.29 is 24.2 Å². The van der Waals surface area contributed by atoms with Crippen LogP contribution in [0.3, 0.4) is 0 Å². The zero-order chi connectivity index (χ0) is 20.1. The quantitative estimate of drug-likeness (QED) is 0.589. The zero-order valence-corrected chi connectivity index (χ0v) is 15.7. The molecule has 0 atom stereocenters. The Morgan fingerprint density at radius 2 is 1.67 bits per heavy atom. The number of rotatable bonds is 7. The normalized spacial score (nSPS) is 10.4. The van der Waals surface area contributed by atoms with Gasteiger partial charge in [0, 0.05) is 11.1 Å². The van der Waals surface area contributed by atoms with Gasteiger partial charge in [-0.05, 0) is 36.2 Å². The number of hydrogen-bond donors (Lipinski definition) is 1. The van der Waals surface area contributed by atoms with Crippen molar-refractivity contribution >= 4 is 11.6 Å². The highest BCUT2D eigenvalue weighted by molar-refractivity contribution is 6.14. The molecule has 0 aliphatic rings. The fourth-order valence-corrected chi connectivity index (χ4v) is 2.85. The smallest absolute Gasteiger partial charge is 0.174 e. The Balaban J connectivity index is 2.33. The van der Waals surface area contributed by atoms with Gasteiger partial charge in [0.25, 0.3) is 0 Å². The molecule has 0 unspecified atom stereocenters. The number of carbonyl (C=O) groups is 2. The monoisotopic (exact) mass is 367 g/mol. The summed E-state index contributed by atoms with van der Waals surface area (Å²) in [5.41, 5.74) is 1.36. The zero-order valence-electron chi connectivity index (χ0n) is 15.7. The van der Waals surface area contributed by atoms with E-state index in [0.717, 1.165) is 5.56 Å². The van der Waals surface area contributed by atoms with Gasteiger partial charge in [0.2, 0.25) is 0 Å². The van der Waals surface area contributed by atoms with Crippen molar-refractivity contribution in [2.45, 2.75) is 26.2 Å². The first kappa shape index (κ1) is 20.0. The Morgan fingerprint density at radius 1 is 1.07 bits per heavy atom. The Bertz CT molecular complexity index is 900. The van der Waals surface area contributed by atoms with E-state index in [1.807, 2.05) is 19.9 Å². The third-order valence-electron chi connectivity index (χ3n) is 4.19. The molecule has 6 heteroatoms. The number of carbonyl (C=O) groups excluding carboxylic acids is 2. The van der Waals surface area contributed by atoms with Crippen molar-refractivity contribution in [2.75, 3.05) is 14.2 Å². The molecule has 27 heavy (non-hydrogen) atoms. The van der Waals surface area contributed by atoms with E-state index in [1.165, 1.54) is 32.4 Å². The van der Waals surface area contributed by atoms with Crippen LogP contribution < -0.4 is 9.47 Å². The predicted octanol–water partition coefficient (Wildman–Crippen LogP) is 3.86. The number of ketones is 2. The molecular weight excluding hydrogens is 346 g/mol. The minimum atomic E-state index is -0.534. The van der Waals surface area contributed by atoms with Gasteiger partial charge in [-0.15, -0.1) is 0 Å².